The van der Waals surface area contributed by atoms with Crippen LogP contribution in [0.25, 0.3) is 0 Å². The van der Waals surface area contributed by atoms with Crippen molar-refractivity contribution >= 4 is 0 Å². The monoisotopic (exact) mass is 144 g/mol. The molecule has 60 valence electrons. The van der Waals surface area contributed by atoms with Crippen LogP contribution in [0.2, 0.25) is 0 Å². The molecular formula is C8H16O2. The van der Waals surface area contributed by atoms with Gasteiger partial charge < -0.3 is 9.84 Å². The first-order chi connectivity index (χ1) is 4.74. The predicted molar refractivity (Wildman–Crippen MR) is 39.9 cm³/mol. The molecule has 3 unspecified atom stereocenters. The Morgan fingerprint density at radius 3 is 2.70 bits per heavy atom. The van der Waals surface area contributed by atoms with E-state index in [-0.39, 0.29) is 12.2 Å². The molecule has 3 atom stereocenters. The second kappa shape index (κ2) is 3.35. The number of rotatable bonds is 1. The minimum absolute atomic E-state index is 0.0868. The smallest absolute Gasteiger partial charge is 0.0834 e. The standard InChI is InChI=1S/C8H16O2/c1-3-8-7(9)5-4-6(2)10-8/h6-9H,3-5H2,1-2H3. The van der Waals surface area contributed by atoms with Crippen molar-refractivity contribution in [2.24, 2.45) is 0 Å². The van der Waals surface area contributed by atoms with Crippen LogP contribution < -0.4 is 0 Å². The Hall–Kier alpha value is -0.0800. The molecule has 0 aromatic rings. The van der Waals surface area contributed by atoms with Crippen LogP contribution in [-0.4, -0.2) is 23.4 Å². The molecule has 0 spiro atoms. The fourth-order valence-corrected chi connectivity index (χ4v) is 1.42. The summed E-state index contributed by atoms with van der Waals surface area (Å²) >= 11 is 0. The Balaban J connectivity index is 2.38. The maximum Gasteiger partial charge on any atom is 0.0834 e. The van der Waals surface area contributed by atoms with Gasteiger partial charge in [0.1, 0.15) is 0 Å². The van der Waals surface area contributed by atoms with Crippen molar-refractivity contribution in [2.45, 2.75) is 51.4 Å². The molecule has 0 saturated carbocycles. The highest BCUT2D eigenvalue weighted by atomic mass is 16.5. The first kappa shape index (κ1) is 8.02. The zero-order valence-corrected chi connectivity index (χ0v) is 6.71. The van der Waals surface area contributed by atoms with Crippen molar-refractivity contribution in [1.29, 1.82) is 0 Å². The zero-order valence-electron chi connectivity index (χ0n) is 6.71. The van der Waals surface area contributed by atoms with Gasteiger partial charge in [-0.25, -0.2) is 0 Å². The first-order valence-electron chi connectivity index (χ1n) is 4.07. The van der Waals surface area contributed by atoms with Crippen LogP contribution in [0.1, 0.15) is 33.1 Å². The maximum absolute atomic E-state index is 9.36. The molecule has 0 radical (unpaired) electrons. The summed E-state index contributed by atoms with van der Waals surface area (Å²) in [7, 11) is 0. The van der Waals surface area contributed by atoms with Crippen molar-refractivity contribution in [2.75, 3.05) is 0 Å². The molecule has 0 bridgehead atoms. The summed E-state index contributed by atoms with van der Waals surface area (Å²) in [6, 6.07) is 0. The fourth-order valence-electron chi connectivity index (χ4n) is 1.42. The number of ether oxygens (including phenoxy) is 1. The summed E-state index contributed by atoms with van der Waals surface area (Å²) in [5, 5.41) is 9.36. The molecule has 1 saturated heterocycles. The third kappa shape index (κ3) is 1.70. The minimum atomic E-state index is -0.221. The number of hydrogen-bond donors (Lipinski definition) is 1. The van der Waals surface area contributed by atoms with E-state index in [0.29, 0.717) is 6.10 Å². The van der Waals surface area contributed by atoms with E-state index in [2.05, 4.69) is 6.92 Å². The molecule has 10 heavy (non-hydrogen) atoms. The summed E-state index contributed by atoms with van der Waals surface area (Å²) in [6.45, 7) is 4.11. The minimum Gasteiger partial charge on any atom is -0.390 e. The van der Waals surface area contributed by atoms with E-state index < -0.39 is 0 Å². The molecule has 0 amide bonds. The van der Waals surface area contributed by atoms with Crippen molar-refractivity contribution in [3.8, 4) is 0 Å². The lowest BCUT2D eigenvalue weighted by atomic mass is 10.0. The van der Waals surface area contributed by atoms with Gasteiger partial charge >= 0.3 is 0 Å². The van der Waals surface area contributed by atoms with Crippen LogP contribution in [0.15, 0.2) is 0 Å². The van der Waals surface area contributed by atoms with Crippen LogP contribution in [0, 0.1) is 0 Å². The normalized spacial score (nSPS) is 41.7. The Morgan fingerprint density at radius 2 is 2.20 bits per heavy atom. The lowest BCUT2D eigenvalue weighted by molar-refractivity contribution is -0.111. The molecule has 1 fully saturated rings. The number of aliphatic hydroxyl groups is 1. The topological polar surface area (TPSA) is 29.5 Å². The van der Waals surface area contributed by atoms with Crippen LogP contribution in [0.3, 0.4) is 0 Å². The molecule has 1 rings (SSSR count). The maximum atomic E-state index is 9.36. The van der Waals surface area contributed by atoms with E-state index in [0.717, 1.165) is 19.3 Å². The molecule has 1 N–H and O–H groups in total. The van der Waals surface area contributed by atoms with Gasteiger partial charge in [-0.05, 0) is 26.2 Å². The highest BCUT2D eigenvalue weighted by Gasteiger charge is 2.25. The van der Waals surface area contributed by atoms with E-state index >= 15 is 0 Å². The summed E-state index contributed by atoms with van der Waals surface area (Å²) in [5.74, 6) is 0. The molecule has 0 aliphatic carbocycles. The molecule has 1 aliphatic heterocycles. The second-order valence-electron chi connectivity index (χ2n) is 3.04. The van der Waals surface area contributed by atoms with Gasteiger partial charge in [-0.1, -0.05) is 6.92 Å². The van der Waals surface area contributed by atoms with Crippen molar-refractivity contribution in [3.05, 3.63) is 0 Å². The third-order valence-electron chi connectivity index (χ3n) is 2.11. The van der Waals surface area contributed by atoms with Gasteiger partial charge in [0.05, 0.1) is 18.3 Å². The fraction of sp³-hybridized carbons (Fsp3) is 1.00. The SMILES string of the molecule is CCC1OC(C)CCC1O. The summed E-state index contributed by atoms with van der Waals surface area (Å²) in [6.07, 6.45) is 3.03. The molecule has 0 aromatic carbocycles. The third-order valence-corrected chi connectivity index (χ3v) is 2.11. The van der Waals surface area contributed by atoms with Gasteiger partial charge in [0, 0.05) is 0 Å². The van der Waals surface area contributed by atoms with E-state index in [4.69, 9.17) is 4.74 Å². The Bertz CT molecular complexity index is 103. The van der Waals surface area contributed by atoms with Crippen LogP contribution in [0.4, 0.5) is 0 Å². The van der Waals surface area contributed by atoms with E-state index in [1.807, 2.05) is 6.92 Å². The largest absolute Gasteiger partial charge is 0.390 e. The zero-order chi connectivity index (χ0) is 7.56. The average molecular weight is 144 g/mol. The Labute approximate surface area is 62.2 Å². The summed E-state index contributed by atoms with van der Waals surface area (Å²) < 4.78 is 5.50. The van der Waals surface area contributed by atoms with Gasteiger partial charge in [0.25, 0.3) is 0 Å². The highest BCUT2D eigenvalue weighted by molar-refractivity contribution is 4.75. The van der Waals surface area contributed by atoms with Gasteiger partial charge in [0.15, 0.2) is 0 Å². The lowest BCUT2D eigenvalue weighted by Gasteiger charge is -2.31. The molecule has 1 heterocycles. The molecule has 2 heteroatoms. The van der Waals surface area contributed by atoms with Crippen LogP contribution >= 0.6 is 0 Å². The molecule has 1 aliphatic rings. The lowest BCUT2D eigenvalue weighted by Crippen LogP contribution is -2.37. The van der Waals surface area contributed by atoms with Gasteiger partial charge in [0.2, 0.25) is 0 Å². The van der Waals surface area contributed by atoms with Crippen molar-refractivity contribution in [3.63, 3.8) is 0 Å². The predicted octanol–water partition coefficient (Wildman–Crippen LogP) is 1.32. The summed E-state index contributed by atoms with van der Waals surface area (Å²) in [4.78, 5) is 0. The Kier molecular flexibility index (Phi) is 2.69. The quantitative estimate of drug-likeness (QED) is 0.601. The first-order valence-corrected chi connectivity index (χ1v) is 4.07. The van der Waals surface area contributed by atoms with E-state index in [1.165, 1.54) is 0 Å². The van der Waals surface area contributed by atoms with Gasteiger partial charge in [-0.15, -0.1) is 0 Å². The molecule has 2 nitrogen and oxygen atoms in total. The molecule has 0 aromatic heterocycles. The number of aliphatic hydroxyl groups excluding tert-OH is 1. The van der Waals surface area contributed by atoms with Gasteiger partial charge in [-0.3, -0.25) is 0 Å². The van der Waals surface area contributed by atoms with Crippen molar-refractivity contribution in [1.82, 2.24) is 0 Å². The summed E-state index contributed by atoms with van der Waals surface area (Å²) in [5.41, 5.74) is 0. The average Bonchev–Trinajstić information content (AvgIpc) is 1.94. The molecular weight excluding hydrogens is 128 g/mol. The second-order valence-corrected chi connectivity index (χ2v) is 3.04. The number of hydrogen-bond acceptors (Lipinski definition) is 2. The Morgan fingerprint density at radius 1 is 1.50 bits per heavy atom. The van der Waals surface area contributed by atoms with Crippen LogP contribution in [-0.2, 0) is 4.74 Å². The van der Waals surface area contributed by atoms with Crippen molar-refractivity contribution < 1.29 is 9.84 Å². The van der Waals surface area contributed by atoms with E-state index in [1.54, 1.807) is 0 Å². The van der Waals surface area contributed by atoms with E-state index in [9.17, 15) is 5.11 Å². The van der Waals surface area contributed by atoms with Gasteiger partial charge in [-0.2, -0.15) is 0 Å². The highest BCUT2D eigenvalue weighted by Crippen LogP contribution is 2.20. The van der Waals surface area contributed by atoms with Crippen LogP contribution in [0.5, 0.6) is 0 Å².